The van der Waals surface area contributed by atoms with E-state index in [0.717, 1.165) is 21.6 Å². The van der Waals surface area contributed by atoms with Crippen molar-refractivity contribution in [3.8, 4) is 0 Å². The average molecular weight is 378 g/mol. The lowest BCUT2D eigenvalue weighted by atomic mass is 10.1. The summed E-state index contributed by atoms with van der Waals surface area (Å²) in [6.45, 7) is 6.54. The summed E-state index contributed by atoms with van der Waals surface area (Å²) < 4.78 is 30.2. The fourth-order valence-electron chi connectivity index (χ4n) is 2.00. The molecule has 0 saturated heterocycles. The van der Waals surface area contributed by atoms with Gasteiger partial charge in [0.1, 0.15) is 4.21 Å². The minimum atomic E-state index is -3.50. The van der Waals surface area contributed by atoms with Crippen LogP contribution in [0.1, 0.15) is 31.1 Å². The minimum Gasteiger partial charge on any atom is -0.270 e. The molecule has 2 aromatic heterocycles. The number of aryl methyl sites for hydroxylation is 1. The topological polar surface area (TPSA) is 64.0 Å². The summed E-state index contributed by atoms with van der Waals surface area (Å²) in [5, 5.41) is 4.24. The molecule has 8 heteroatoms. The molecule has 0 fully saturated rings. The largest absolute Gasteiger partial charge is 0.270 e. The van der Waals surface area contributed by atoms with Crippen molar-refractivity contribution >= 4 is 37.3 Å². The van der Waals surface area contributed by atoms with Gasteiger partial charge in [-0.3, -0.25) is 4.68 Å². The Morgan fingerprint density at radius 2 is 2.20 bits per heavy atom. The van der Waals surface area contributed by atoms with Gasteiger partial charge in [-0.25, -0.2) is 13.1 Å². The van der Waals surface area contributed by atoms with E-state index >= 15 is 0 Å². The van der Waals surface area contributed by atoms with Gasteiger partial charge in [-0.1, -0.05) is 0 Å². The highest BCUT2D eigenvalue weighted by Crippen LogP contribution is 2.27. The predicted octanol–water partition coefficient (Wildman–Crippen LogP) is 3.07. The van der Waals surface area contributed by atoms with Crippen LogP contribution in [0.4, 0.5) is 0 Å². The van der Waals surface area contributed by atoms with E-state index < -0.39 is 10.0 Å². The molecule has 2 heterocycles. The second-order valence-corrected chi connectivity index (χ2v) is 8.81. The molecule has 2 rings (SSSR count). The van der Waals surface area contributed by atoms with Crippen LogP contribution in [0, 0.1) is 6.92 Å². The number of hydrogen-bond acceptors (Lipinski definition) is 4. The number of nitrogens with one attached hydrogen (secondary N) is 1. The van der Waals surface area contributed by atoms with Crippen LogP contribution in [0.15, 0.2) is 26.3 Å². The van der Waals surface area contributed by atoms with Gasteiger partial charge in [-0.2, -0.15) is 5.10 Å². The number of rotatable bonds is 5. The Labute approximate surface area is 131 Å². The molecule has 0 radical (unpaired) electrons. The van der Waals surface area contributed by atoms with Gasteiger partial charge in [-0.15, -0.1) is 11.3 Å². The average Bonchev–Trinajstić information content (AvgIpc) is 2.95. The van der Waals surface area contributed by atoms with Crippen LogP contribution in [0.2, 0.25) is 0 Å². The molecule has 5 nitrogen and oxygen atoms in total. The van der Waals surface area contributed by atoms with Crippen LogP contribution >= 0.6 is 27.3 Å². The van der Waals surface area contributed by atoms with E-state index in [2.05, 4.69) is 25.8 Å². The van der Waals surface area contributed by atoms with Gasteiger partial charge in [0.05, 0.1) is 9.98 Å². The quantitative estimate of drug-likeness (QED) is 0.870. The number of sulfonamides is 1. The van der Waals surface area contributed by atoms with Crippen molar-refractivity contribution in [3.05, 3.63) is 33.4 Å². The van der Waals surface area contributed by atoms with Gasteiger partial charge in [0.15, 0.2) is 0 Å². The molecule has 0 aromatic carbocycles. The van der Waals surface area contributed by atoms with Crippen LogP contribution in [0.3, 0.4) is 0 Å². The first-order valence-electron chi connectivity index (χ1n) is 6.15. The lowest BCUT2D eigenvalue weighted by molar-refractivity contribution is 0.567. The number of halogens is 1. The summed E-state index contributed by atoms with van der Waals surface area (Å²) in [6, 6.07) is 3.00. The molecule has 0 saturated carbocycles. The van der Waals surface area contributed by atoms with Crippen LogP contribution < -0.4 is 4.72 Å². The summed E-state index contributed by atoms with van der Waals surface area (Å²) >= 11 is 4.46. The third-order valence-electron chi connectivity index (χ3n) is 3.05. The van der Waals surface area contributed by atoms with Crippen LogP contribution in [-0.4, -0.2) is 18.2 Å². The van der Waals surface area contributed by atoms with Crippen molar-refractivity contribution in [3.63, 3.8) is 0 Å². The van der Waals surface area contributed by atoms with E-state index in [9.17, 15) is 8.42 Å². The summed E-state index contributed by atoms with van der Waals surface area (Å²) in [6.07, 6.45) is 1.72. The van der Waals surface area contributed by atoms with E-state index in [1.807, 2.05) is 25.5 Å². The molecule has 1 atom stereocenters. The van der Waals surface area contributed by atoms with Gasteiger partial charge in [0.25, 0.3) is 10.0 Å². The van der Waals surface area contributed by atoms with Crippen LogP contribution in [-0.2, 0) is 16.6 Å². The Kier molecular flexibility index (Phi) is 4.68. The van der Waals surface area contributed by atoms with Crippen LogP contribution in [0.5, 0.6) is 0 Å². The van der Waals surface area contributed by atoms with Crippen molar-refractivity contribution in [1.29, 1.82) is 0 Å². The molecule has 0 aliphatic heterocycles. The van der Waals surface area contributed by atoms with E-state index in [1.54, 1.807) is 18.3 Å². The van der Waals surface area contributed by atoms with Crippen molar-refractivity contribution in [2.24, 2.45) is 0 Å². The van der Waals surface area contributed by atoms with E-state index in [4.69, 9.17) is 0 Å². The molecule has 0 bridgehead atoms. The Bertz CT molecular complexity index is 706. The zero-order chi connectivity index (χ0) is 14.9. The van der Waals surface area contributed by atoms with E-state index in [-0.39, 0.29) is 6.04 Å². The number of hydrogen-bond donors (Lipinski definition) is 1. The molecule has 20 heavy (non-hydrogen) atoms. The maximum Gasteiger partial charge on any atom is 0.250 e. The van der Waals surface area contributed by atoms with E-state index in [0.29, 0.717) is 4.21 Å². The highest BCUT2D eigenvalue weighted by Gasteiger charge is 2.22. The number of aromatic nitrogens is 2. The first kappa shape index (κ1) is 15.7. The normalized spacial score (nSPS) is 13.6. The predicted molar refractivity (Wildman–Crippen MR) is 83.4 cm³/mol. The van der Waals surface area contributed by atoms with Gasteiger partial charge >= 0.3 is 0 Å². The molecule has 0 amide bonds. The summed E-state index contributed by atoms with van der Waals surface area (Å²) in [7, 11) is -3.50. The van der Waals surface area contributed by atoms with Gasteiger partial charge in [-0.05, 0) is 48.8 Å². The maximum absolute atomic E-state index is 12.3. The van der Waals surface area contributed by atoms with Crippen molar-refractivity contribution in [2.75, 3.05) is 0 Å². The fraction of sp³-hybridized carbons (Fsp3) is 0.417. The van der Waals surface area contributed by atoms with Crippen molar-refractivity contribution < 1.29 is 8.42 Å². The monoisotopic (exact) mass is 377 g/mol. The van der Waals surface area contributed by atoms with Gasteiger partial charge in [0, 0.05) is 23.8 Å². The van der Waals surface area contributed by atoms with Crippen LogP contribution in [0.25, 0.3) is 0 Å². The molecule has 0 aliphatic carbocycles. The third kappa shape index (κ3) is 3.13. The molecule has 1 N–H and O–H groups in total. The molecule has 2 aromatic rings. The number of thiophene rings is 1. The lowest BCUT2D eigenvalue weighted by Gasteiger charge is -2.13. The van der Waals surface area contributed by atoms with E-state index in [1.165, 1.54) is 11.3 Å². The minimum absolute atomic E-state index is 0.303. The fourth-order valence-corrected chi connectivity index (χ4v) is 5.25. The Balaban J connectivity index is 2.22. The molecule has 0 spiro atoms. The molecular formula is C12H16BrN3O2S2. The third-order valence-corrected chi connectivity index (χ3v) is 6.71. The zero-order valence-corrected chi connectivity index (χ0v) is 14.6. The summed E-state index contributed by atoms with van der Waals surface area (Å²) in [5.74, 6) is 0. The zero-order valence-electron chi connectivity index (χ0n) is 11.4. The van der Waals surface area contributed by atoms with Crippen molar-refractivity contribution in [2.45, 2.75) is 37.6 Å². The van der Waals surface area contributed by atoms with Gasteiger partial charge in [0.2, 0.25) is 0 Å². The highest BCUT2D eigenvalue weighted by molar-refractivity contribution is 9.11. The summed E-state index contributed by atoms with van der Waals surface area (Å²) in [5.41, 5.74) is 1.88. The Hall–Kier alpha value is -0.700. The molecular weight excluding hydrogens is 362 g/mol. The second-order valence-electron chi connectivity index (χ2n) is 4.40. The summed E-state index contributed by atoms with van der Waals surface area (Å²) in [4.78, 5) is 0. The highest BCUT2D eigenvalue weighted by atomic mass is 79.9. The van der Waals surface area contributed by atoms with Gasteiger partial charge < -0.3 is 0 Å². The molecule has 0 aliphatic rings. The smallest absolute Gasteiger partial charge is 0.250 e. The van der Waals surface area contributed by atoms with Crippen molar-refractivity contribution in [1.82, 2.24) is 14.5 Å². The lowest BCUT2D eigenvalue weighted by Crippen LogP contribution is -2.26. The SMILES string of the molecule is CCn1ncc(C(C)NS(=O)(=O)c2ccc(Br)s2)c1C. The second kappa shape index (κ2) is 5.97. The molecule has 1 unspecified atom stereocenters. The first-order chi connectivity index (χ1) is 9.35. The Morgan fingerprint density at radius 3 is 2.70 bits per heavy atom. The Morgan fingerprint density at radius 1 is 1.50 bits per heavy atom. The standard InChI is InChI=1S/C12H16BrN3O2S2/c1-4-16-9(3)10(7-14-16)8(2)15-20(17,18)12-6-5-11(13)19-12/h5-8,15H,4H2,1-3H3. The first-order valence-corrected chi connectivity index (χ1v) is 9.24. The maximum atomic E-state index is 12.3. The number of nitrogens with zero attached hydrogens (tertiary/aromatic N) is 2. The molecule has 110 valence electrons.